The fourth-order valence-corrected chi connectivity index (χ4v) is 4.16. The van der Waals surface area contributed by atoms with E-state index in [0.717, 1.165) is 42.8 Å². The molecule has 9 nitrogen and oxygen atoms in total. The molecule has 0 saturated carbocycles. The zero-order chi connectivity index (χ0) is 24.6. The minimum absolute atomic E-state index is 0.0129. The number of rotatable bonds is 10. The zero-order valence-electron chi connectivity index (χ0n) is 20.5. The molecule has 1 N–H and O–H groups in total. The van der Waals surface area contributed by atoms with Crippen LogP contribution in [0.2, 0.25) is 0 Å². The first kappa shape index (κ1) is 24.5. The van der Waals surface area contributed by atoms with Crippen molar-refractivity contribution < 1.29 is 23.5 Å². The minimum Gasteiger partial charge on any atom is -0.494 e. The van der Waals surface area contributed by atoms with Crippen LogP contribution >= 0.6 is 0 Å². The van der Waals surface area contributed by atoms with Crippen LogP contribution in [0.15, 0.2) is 47.0 Å². The number of piperidine rings is 1. The van der Waals surface area contributed by atoms with Gasteiger partial charge in [0.1, 0.15) is 5.75 Å². The molecule has 186 valence electrons. The molecule has 9 heteroatoms. The van der Waals surface area contributed by atoms with Crippen molar-refractivity contribution in [1.29, 1.82) is 0 Å². The summed E-state index contributed by atoms with van der Waals surface area (Å²) >= 11 is 0. The highest BCUT2D eigenvalue weighted by atomic mass is 16.5. The van der Waals surface area contributed by atoms with Gasteiger partial charge in [0.2, 0.25) is 17.6 Å². The Morgan fingerprint density at radius 1 is 1.09 bits per heavy atom. The molecule has 0 radical (unpaired) electrons. The SMILES string of the molecule is CCOc1ccc(CNC(=O)C2CCN(Cc3nc(-c4ccc(OC)c(OC)c4)no3)CC2)cc1. The average Bonchev–Trinajstić information content (AvgIpc) is 3.36. The molecule has 1 fully saturated rings. The summed E-state index contributed by atoms with van der Waals surface area (Å²) in [6.45, 7) is 5.27. The van der Waals surface area contributed by atoms with Gasteiger partial charge in [0.25, 0.3) is 0 Å². The number of amides is 1. The highest BCUT2D eigenvalue weighted by Crippen LogP contribution is 2.31. The van der Waals surface area contributed by atoms with Gasteiger partial charge >= 0.3 is 0 Å². The van der Waals surface area contributed by atoms with Crippen LogP contribution in [0.3, 0.4) is 0 Å². The van der Waals surface area contributed by atoms with Gasteiger partial charge in [0, 0.05) is 18.0 Å². The van der Waals surface area contributed by atoms with Crippen LogP contribution in [-0.2, 0) is 17.9 Å². The number of carbonyl (C=O) groups excluding carboxylic acids is 1. The van der Waals surface area contributed by atoms with Crippen molar-refractivity contribution in [3.8, 4) is 28.6 Å². The number of nitrogens with one attached hydrogen (secondary N) is 1. The fraction of sp³-hybridized carbons (Fsp3) is 0.423. The molecule has 1 amide bonds. The zero-order valence-corrected chi connectivity index (χ0v) is 20.5. The van der Waals surface area contributed by atoms with Crippen molar-refractivity contribution in [2.45, 2.75) is 32.9 Å². The third-order valence-corrected chi connectivity index (χ3v) is 6.13. The lowest BCUT2D eigenvalue weighted by Gasteiger charge is -2.30. The van der Waals surface area contributed by atoms with E-state index in [4.69, 9.17) is 18.7 Å². The van der Waals surface area contributed by atoms with Gasteiger partial charge < -0.3 is 24.1 Å². The second-order valence-corrected chi connectivity index (χ2v) is 8.43. The Kier molecular flexibility index (Phi) is 8.20. The lowest BCUT2D eigenvalue weighted by molar-refractivity contribution is -0.126. The maximum absolute atomic E-state index is 12.6. The van der Waals surface area contributed by atoms with E-state index < -0.39 is 0 Å². The second-order valence-electron chi connectivity index (χ2n) is 8.43. The van der Waals surface area contributed by atoms with Crippen molar-refractivity contribution in [2.75, 3.05) is 33.9 Å². The Bertz CT molecular complexity index is 1110. The number of hydrogen-bond donors (Lipinski definition) is 1. The van der Waals surface area contributed by atoms with Crippen LogP contribution in [0.5, 0.6) is 17.2 Å². The number of benzene rings is 2. The predicted octanol–water partition coefficient (Wildman–Crippen LogP) is 3.68. The summed E-state index contributed by atoms with van der Waals surface area (Å²) in [7, 11) is 3.19. The summed E-state index contributed by atoms with van der Waals surface area (Å²) in [5, 5.41) is 7.18. The van der Waals surface area contributed by atoms with E-state index in [2.05, 4.69) is 20.4 Å². The normalized spacial score (nSPS) is 14.5. The summed E-state index contributed by atoms with van der Waals surface area (Å²) in [6.07, 6.45) is 1.59. The number of ether oxygens (including phenoxy) is 3. The molecule has 1 aliphatic heterocycles. The van der Waals surface area contributed by atoms with E-state index in [1.54, 1.807) is 14.2 Å². The van der Waals surface area contributed by atoms with E-state index in [-0.39, 0.29) is 11.8 Å². The van der Waals surface area contributed by atoms with Crippen LogP contribution in [0.25, 0.3) is 11.4 Å². The molecule has 1 aromatic heterocycles. The van der Waals surface area contributed by atoms with E-state index in [9.17, 15) is 4.79 Å². The van der Waals surface area contributed by atoms with Crippen molar-refractivity contribution in [3.05, 3.63) is 53.9 Å². The predicted molar refractivity (Wildman–Crippen MR) is 130 cm³/mol. The average molecular weight is 481 g/mol. The number of hydrogen-bond acceptors (Lipinski definition) is 8. The summed E-state index contributed by atoms with van der Waals surface area (Å²) in [5.74, 6) is 3.27. The van der Waals surface area contributed by atoms with Gasteiger partial charge in [0.15, 0.2) is 11.5 Å². The highest BCUT2D eigenvalue weighted by Gasteiger charge is 2.26. The number of aromatic nitrogens is 2. The van der Waals surface area contributed by atoms with Gasteiger partial charge in [-0.15, -0.1) is 0 Å². The Labute approximate surface area is 205 Å². The molecule has 0 atom stereocenters. The molecule has 35 heavy (non-hydrogen) atoms. The molecule has 2 aromatic carbocycles. The standard InChI is InChI=1S/C26H32N4O5/c1-4-34-21-8-5-18(6-9-21)16-27-26(31)19-11-13-30(14-12-19)17-24-28-25(29-35-24)20-7-10-22(32-2)23(15-20)33-3/h5-10,15,19H,4,11-14,16-17H2,1-3H3,(H,27,31). The number of carbonyl (C=O) groups is 1. The van der Waals surface area contributed by atoms with E-state index >= 15 is 0 Å². The Hall–Kier alpha value is -3.59. The summed E-state index contributed by atoms with van der Waals surface area (Å²) in [5.41, 5.74) is 1.85. The van der Waals surface area contributed by atoms with Gasteiger partial charge in [-0.25, -0.2) is 0 Å². The van der Waals surface area contributed by atoms with Crippen molar-refractivity contribution in [2.24, 2.45) is 5.92 Å². The van der Waals surface area contributed by atoms with Crippen molar-refractivity contribution in [3.63, 3.8) is 0 Å². The maximum atomic E-state index is 12.6. The van der Waals surface area contributed by atoms with Gasteiger partial charge in [0.05, 0.1) is 27.4 Å². The summed E-state index contributed by atoms with van der Waals surface area (Å²) < 4.78 is 21.6. The molecular weight excluding hydrogens is 448 g/mol. The molecule has 0 bridgehead atoms. The van der Waals surface area contributed by atoms with Gasteiger partial charge in [-0.1, -0.05) is 17.3 Å². The van der Waals surface area contributed by atoms with Gasteiger partial charge in [-0.05, 0) is 68.8 Å². The lowest BCUT2D eigenvalue weighted by atomic mass is 9.96. The van der Waals surface area contributed by atoms with Crippen LogP contribution in [0.1, 0.15) is 31.2 Å². The first-order valence-electron chi connectivity index (χ1n) is 11.9. The largest absolute Gasteiger partial charge is 0.494 e. The van der Waals surface area contributed by atoms with E-state index in [1.165, 1.54) is 0 Å². The van der Waals surface area contributed by atoms with E-state index in [0.29, 0.717) is 42.9 Å². The summed E-state index contributed by atoms with van der Waals surface area (Å²) in [6, 6.07) is 13.3. The first-order chi connectivity index (χ1) is 17.1. The molecule has 1 aliphatic rings. The number of nitrogens with zero attached hydrogens (tertiary/aromatic N) is 3. The smallest absolute Gasteiger partial charge is 0.241 e. The molecular formula is C26H32N4O5. The maximum Gasteiger partial charge on any atom is 0.241 e. The first-order valence-corrected chi connectivity index (χ1v) is 11.9. The van der Waals surface area contributed by atoms with Crippen molar-refractivity contribution >= 4 is 5.91 Å². The third-order valence-electron chi connectivity index (χ3n) is 6.13. The van der Waals surface area contributed by atoms with Crippen LogP contribution < -0.4 is 19.5 Å². The van der Waals surface area contributed by atoms with Gasteiger partial charge in [-0.2, -0.15) is 4.98 Å². The number of likely N-dealkylation sites (tertiary alicyclic amines) is 1. The Morgan fingerprint density at radius 2 is 1.83 bits per heavy atom. The fourth-order valence-electron chi connectivity index (χ4n) is 4.16. The van der Waals surface area contributed by atoms with Crippen molar-refractivity contribution in [1.82, 2.24) is 20.4 Å². The summed E-state index contributed by atoms with van der Waals surface area (Å²) in [4.78, 5) is 19.4. The molecule has 2 heterocycles. The molecule has 0 spiro atoms. The second kappa shape index (κ2) is 11.7. The molecule has 1 saturated heterocycles. The van der Waals surface area contributed by atoms with Crippen LogP contribution in [0.4, 0.5) is 0 Å². The van der Waals surface area contributed by atoms with Gasteiger partial charge in [-0.3, -0.25) is 9.69 Å². The topological polar surface area (TPSA) is 99.0 Å². The van der Waals surface area contributed by atoms with Crippen LogP contribution in [0, 0.1) is 5.92 Å². The molecule has 0 unspecified atom stereocenters. The molecule has 3 aromatic rings. The third kappa shape index (κ3) is 6.30. The number of methoxy groups -OCH3 is 2. The minimum atomic E-state index is 0.0129. The van der Waals surface area contributed by atoms with Crippen LogP contribution in [-0.4, -0.2) is 54.9 Å². The Morgan fingerprint density at radius 3 is 2.51 bits per heavy atom. The monoisotopic (exact) mass is 480 g/mol. The van der Waals surface area contributed by atoms with E-state index in [1.807, 2.05) is 49.4 Å². The highest BCUT2D eigenvalue weighted by molar-refractivity contribution is 5.78. The Balaban J connectivity index is 1.24. The molecule has 4 rings (SSSR count). The quantitative estimate of drug-likeness (QED) is 0.469. The molecule has 0 aliphatic carbocycles. The lowest BCUT2D eigenvalue weighted by Crippen LogP contribution is -2.40.